The number of hydrogen-bond donors (Lipinski definition) is 1. The summed E-state index contributed by atoms with van der Waals surface area (Å²) >= 11 is 0. The number of benzene rings is 2. The molecule has 1 aliphatic rings. The summed E-state index contributed by atoms with van der Waals surface area (Å²) in [5.74, 6) is 1.31. The van der Waals surface area contributed by atoms with E-state index in [1.54, 1.807) is 19.2 Å². The molecule has 1 aliphatic carbocycles. The first-order valence-corrected chi connectivity index (χ1v) is 8.87. The van der Waals surface area contributed by atoms with E-state index in [1.165, 1.54) is 6.42 Å². The van der Waals surface area contributed by atoms with E-state index in [2.05, 4.69) is 0 Å². The van der Waals surface area contributed by atoms with Gasteiger partial charge in [0.2, 0.25) is 0 Å². The Morgan fingerprint density at radius 2 is 1.80 bits per heavy atom. The van der Waals surface area contributed by atoms with Crippen LogP contribution in [0.5, 0.6) is 11.5 Å². The summed E-state index contributed by atoms with van der Waals surface area (Å²) in [6.45, 7) is 0.415. The molecule has 25 heavy (non-hydrogen) atoms. The molecule has 0 heterocycles. The van der Waals surface area contributed by atoms with Gasteiger partial charge in [-0.25, -0.2) is 0 Å². The van der Waals surface area contributed by atoms with Gasteiger partial charge in [-0.2, -0.15) is 0 Å². The summed E-state index contributed by atoms with van der Waals surface area (Å²) in [5, 5.41) is 0. The molecule has 0 amide bonds. The predicted molar refractivity (Wildman–Crippen MR) is 99.1 cm³/mol. The van der Waals surface area contributed by atoms with E-state index in [0.29, 0.717) is 29.4 Å². The number of methoxy groups -OCH3 is 1. The van der Waals surface area contributed by atoms with Gasteiger partial charge in [0.1, 0.15) is 6.61 Å². The number of anilines is 1. The van der Waals surface area contributed by atoms with Gasteiger partial charge in [0.05, 0.1) is 7.11 Å². The number of hydrogen-bond acceptors (Lipinski definition) is 4. The summed E-state index contributed by atoms with van der Waals surface area (Å²) in [5.41, 5.74) is 8.19. The zero-order valence-corrected chi connectivity index (χ0v) is 14.7. The van der Waals surface area contributed by atoms with Crippen molar-refractivity contribution < 1.29 is 14.3 Å². The molecule has 4 nitrogen and oxygen atoms in total. The third-order valence-electron chi connectivity index (χ3n) is 4.81. The fourth-order valence-electron chi connectivity index (χ4n) is 3.38. The van der Waals surface area contributed by atoms with E-state index in [9.17, 15) is 4.79 Å². The van der Waals surface area contributed by atoms with Gasteiger partial charge in [-0.1, -0.05) is 49.6 Å². The van der Waals surface area contributed by atoms with Crippen molar-refractivity contribution in [2.75, 3.05) is 12.8 Å². The van der Waals surface area contributed by atoms with Gasteiger partial charge in [0, 0.05) is 23.2 Å². The Kier molecular flexibility index (Phi) is 5.59. The molecule has 3 rings (SSSR count). The van der Waals surface area contributed by atoms with Gasteiger partial charge in [-0.05, 0) is 24.5 Å². The minimum Gasteiger partial charge on any atom is -0.493 e. The van der Waals surface area contributed by atoms with Crippen LogP contribution in [0.2, 0.25) is 0 Å². The van der Waals surface area contributed by atoms with E-state index in [4.69, 9.17) is 15.2 Å². The van der Waals surface area contributed by atoms with Crippen molar-refractivity contribution >= 4 is 11.5 Å². The highest BCUT2D eigenvalue weighted by molar-refractivity contribution is 6.03. The van der Waals surface area contributed by atoms with Crippen LogP contribution in [-0.4, -0.2) is 12.9 Å². The van der Waals surface area contributed by atoms with Crippen molar-refractivity contribution in [2.24, 2.45) is 5.92 Å². The Bertz CT molecular complexity index is 721. The molecule has 132 valence electrons. The lowest BCUT2D eigenvalue weighted by atomic mass is 9.83. The molecule has 1 saturated carbocycles. The number of nitrogens with two attached hydrogens (primary N) is 1. The van der Waals surface area contributed by atoms with E-state index in [-0.39, 0.29) is 11.7 Å². The summed E-state index contributed by atoms with van der Waals surface area (Å²) in [6, 6.07) is 13.3. The Balaban J connectivity index is 1.82. The van der Waals surface area contributed by atoms with E-state index >= 15 is 0 Å². The Hall–Kier alpha value is -2.49. The number of nitrogen functional groups attached to an aromatic ring is 1. The Morgan fingerprint density at radius 3 is 2.48 bits per heavy atom. The normalized spacial score (nSPS) is 14.9. The van der Waals surface area contributed by atoms with Gasteiger partial charge in [-0.3, -0.25) is 4.79 Å². The first kappa shape index (κ1) is 17.3. The van der Waals surface area contributed by atoms with Crippen LogP contribution in [0.1, 0.15) is 48.0 Å². The topological polar surface area (TPSA) is 61.5 Å². The first-order valence-electron chi connectivity index (χ1n) is 8.87. The van der Waals surface area contributed by atoms with Crippen LogP contribution in [0, 0.1) is 5.92 Å². The van der Waals surface area contributed by atoms with Crippen molar-refractivity contribution in [1.29, 1.82) is 0 Å². The molecule has 2 aromatic carbocycles. The molecule has 1 fully saturated rings. The lowest BCUT2D eigenvalue weighted by Gasteiger charge is -2.22. The van der Waals surface area contributed by atoms with E-state index in [0.717, 1.165) is 31.2 Å². The van der Waals surface area contributed by atoms with Gasteiger partial charge in [0.15, 0.2) is 17.3 Å². The van der Waals surface area contributed by atoms with Crippen molar-refractivity contribution in [2.45, 2.75) is 38.7 Å². The maximum Gasteiger partial charge on any atom is 0.168 e. The minimum absolute atomic E-state index is 0.0754. The van der Waals surface area contributed by atoms with Crippen LogP contribution >= 0.6 is 0 Å². The maximum atomic E-state index is 12.9. The van der Waals surface area contributed by atoms with Crippen molar-refractivity contribution in [3.05, 3.63) is 53.6 Å². The molecule has 0 saturated heterocycles. The SMILES string of the molecule is COc1cc(N)c(C(=O)C2CCCCC2)cc1OCc1ccccc1. The lowest BCUT2D eigenvalue weighted by molar-refractivity contribution is 0.0890. The van der Waals surface area contributed by atoms with Crippen LogP contribution in [0.25, 0.3) is 0 Å². The standard InChI is InChI=1S/C21H25NO3/c1-24-19-13-18(22)17(21(23)16-10-6-3-7-11-16)12-20(19)25-14-15-8-4-2-5-9-15/h2,4-5,8-9,12-13,16H,3,6-7,10-11,14,22H2,1H3. The fourth-order valence-corrected chi connectivity index (χ4v) is 3.38. The molecule has 0 unspecified atom stereocenters. The van der Waals surface area contributed by atoms with E-state index in [1.807, 2.05) is 30.3 Å². The second-order valence-corrected chi connectivity index (χ2v) is 6.56. The monoisotopic (exact) mass is 339 g/mol. The highest BCUT2D eigenvalue weighted by Crippen LogP contribution is 2.36. The molecule has 0 aliphatic heterocycles. The Labute approximate surface area is 148 Å². The van der Waals surface area contributed by atoms with Gasteiger partial charge < -0.3 is 15.2 Å². The molecule has 2 N–H and O–H groups in total. The second kappa shape index (κ2) is 8.06. The average molecular weight is 339 g/mol. The number of rotatable bonds is 6. The third-order valence-corrected chi connectivity index (χ3v) is 4.81. The number of Topliss-reactive ketones (excluding diaryl/α,β-unsaturated/α-hetero) is 1. The smallest absolute Gasteiger partial charge is 0.168 e. The van der Waals surface area contributed by atoms with E-state index < -0.39 is 0 Å². The summed E-state index contributed by atoms with van der Waals surface area (Å²) < 4.78 is 11.3. The quantitative estimate of drug-likeness (QED) is 0.616. The van der Waals surface area contributed by atoms with Crippen LogP contribution in [0.4, 0.5) is 5.69 Å². The highest BCUT2D eigenvalue weighted by atomic mass is 16.5. The first-order chi connectivity index (χ1) is 12.2. The van der Waals surface area contributed by atoms with Gasteiger partial charge in [0.25, 0.3) is 0 Å². The fraction of sp³-hybridized carbons (Fsp3) is 0.381. The Morgan fingerprint density at radius 1 is 1.08 bits per heavy atom. The van der Waals surface area contributed by atoms with Crippen LogP contribution in [0.3, 0.4) is 0 Å². The van der Waals surface area contributed by atoms with Crippen molar-refractivity contribution in [3.63, 3.8) is 0 Å². The minimum atomic E-state index is 0.0754. The zero-order chi connectivity index (χ0) is 17.6. The maximum absolute atomic E-state index is 12.9. The van der Waals surface area contributed by atoms with Gasteiger partial charge in [-0.15, -0.1) is 0 Å². The van der Waals surface area contributed by atoms with Crippen LogP contribution in [-0.2, 0) is 6.61 Å². The molecule has 2 aromatic rings. The molecule has 0 spiro atoms. The molecule has 0 bridgehead atoms. The molecular formula is C21H25NO3. The van der Waals surface area contributed by atoms with Crippen molar-refractivity contribution in [3.8, 4) is 11.5 Å². The number of ether oxygens (including phenoxy) is 2. The largest absolute Gasteiger partial charge is 0.493 e. The lowest BCUT2D eigenvalue weighted by Crippen LogP contribution is -2.19. The van der Waals surface area contributed by atoms with Crippen LogP contribution < -0.4 is 15.2 Å². The predicted octanol–water partition coefficient (Wildman–Crippen LogP) is 4.62. The number of carbonyl (C=O) groups excluding carboxylic acids is 1. The summed E-state index contributed by atoms with van der Waals surface area (Å²) in [7, 11) is 1.58. The molecular weight excluding hydrogens is 314 g/mol. The average Bonchev–Trinajstić information content (AvgIpc) is 2.67. The number of ketones is 1. The summed E-state index contributed by atoms with van der Waals surface area (Å²) in [6.07, 6.45) is 5.34. The summed E-state index contributed by atoms with van der Waals surface area (Å²) in [4.78, 5) is 12.9. The zero-order valence-electron chi connectivity index (χ0n) is 14.7. The second-order valence-electron chi connectivity index (χ2n) is 6.56. The third kappa shape index (κ3) is 4.13. The van der Waals surface area contributed by atoms with Gasteiger partial charge >= 0.3 is 0 Å². The molecule has 0 aromatic heterocycles. The number of carbonyl (C=O) groups is 1. The molecule has 0 radical (unpaired) electrons. The molecule has 4 heteroatoms. The van der Waals surface area contributed by atoms with Crippen molar-refractivity contribution in [1.82, 2.24) is 0 Å². The highest BCUT2D eigenvalue weighted by Gasteiger charge is 2.25. The van der Waals surface area contributed by atoms with Crippen LogP contribution in [0.15, 0.2) is 42.5 Å². The molecule has 0 atom stereocenters.